The van der Waals surface area contributed by atoms with Crippen LogP contribution in [0, 0.1) is 11.3 Å². The predicted octanol–water partition coefficient (Wildman–Crippen LogP) is 4.18. The molecule has 1 saturated heterocycles. The largest absolute Gasteiger partial charge is 0.395 e. The molecule has 2 atom stereocenters. The molecule has 0 aliphatic carbocycles. The van der Waals surface area contributed by atoms with Crippen molar-refractivity contribution in [3.05, 3.63) is 99.0 Å². The van der Waals surface area contributed by atoms with Crippen LogP contribution < -0.4 is 10.2 Å². The Morgan fingerprint density at radius 2 is 1.81 bits per heavy atom. The molecule has 1 aliphatic heterocycles. The SMILES string of the molecule is N#Cc1ccc([C@H](O)CN2CCN(c3ccc(C(=O)NCCO)cc3Cl)[C@H](c3ccc(Cl)cc3)C2)cc1. The molecule has 0 spiro atoms. The molecule has 1 fully saturated rings. The van der Waals surface area contributed by atoms with Gasteiger partial charge in [-0.05, 0) is 53.6 Å². The number of benzene rings is 3. The Labute approximate surface area is 226 Å². The van der Waals surface area contributed by atoms with E-state index in [2.05, 4.69) is 21.2 Å². The van der Waals surface area contributed by atoms with E-state index < -0.39 is 6.10 Å². The van der Waals surface area contributed by atoms with Gasteiger partial charge in [-0.3, -0.25) is 9.69 Å². The number of nitriles is 1. The second-order valence-corrected chi connectivity index (χ2v) is 9.76. The first kappa shape index (κ1) is 26.9. The van der Waals surface area contributed by atoms with E-state index >= 15 is 0 Å². The number of rotatable bonds is 8. The number of anilines is 1. The second kappa shape index (κ2) is 12.4. The molecule has 1 aliphatic rings. The maximum Gasteiger partial charge on any atom is 0.251 e. The minimum atomic E-state index is -0.689. The van der Waals surface area contributed by atoms with E-state index in [9.17, 15) is 9.90 Å². The first-order valence-electron chi connectivity index (χ1n) is 12.0. The summed E-state index contributed by atoms with van der Waals surface area (Å²) in [6.07, 6.45) is -0.689. The molecule has 192 valence electrons. The lowest BCUT2D eigenvalue weighted by Gasteiger charge is -2.44. The predicted molar refractivity (Wildman–Crippen MR) is 145 cm³/mol. The van der Waals surface area contributed by atoms with Gasteiger partial charge in [-0.2, -0.15) is 5.26 Å². The number of nitrogens with zero attached hydrogens (tertiary/aromatic N) is 3. The summed E-state index contributed by atoms with van der Waals surface area (Å²) < 4.78 is 0. The molecule has 1 heterocycles. The van der Waals surface area contributed by atoms with Crippen LogP contribution in [0.5, 0.6) is 0 Å². The molecular formula is C28H28Cl2N4O3. The monoisotopic (exact) mass is 538 g/mol. The van der Waals surface area contributed by atoms with Gasteiger partial charge in [-0.25, -0.2) is 0 Å². The zero-order valence-electron chi connectivity index (χ0n) is 20.1. The fourth-order valence-electron chi connectivity index (χ4n) is 4.55. The minimum absolute atomic E-state index is 0.0641. The van der Waals surface area contributed by atoms with Crippen molar-refractivity contribution in [3.63, 3.8) is 0 Å². The summed E-state index contributed by atoms with van der Waals surface area (Å²) in [5.74, 6) is -0.293. The van der Waals surface area contributed by atoms with Crippen LogP contribution in [-0.4, -0.2) is 60.4 Å². The number of halogens is 2. The molecule has 37 heavy (non-hydrogen) atoms. The number of aliphatic hydroxyl groups excluding tert-OH is 2. The summed E-state index contributed by atoms with van der Waals surface area (Å²) in [6.45, 7) is 2.48. The Hall–Kier alpha value is -3.12. The van der Waals surface area contributed by atoms with Crippen LogP contribution in [0.1, 0.15) is 39.2 Å². The molecule has 3 aromatic carbocycles. The molecule has 0 bridgehead atoms. The number of nitrogens with one attached hydrogen (secondary N) is 1. The Bertz CT molecular complexity index is 1260. The van der Waals surface area contributed by atoms with Crippen LogP contribution in [-0.2, 0) is 0 Å². The highest BCUT2D eigenvalue weighted by Gasteiger charge is 2.31. The van der Waals surface area contributed by atoms with E-state index in [1.807, 2.05) is 30.3 Å². The number of carbonyl (C=O) groups is 1. The fourth-order valence-corrected chi connectivity index (χ4v) is 4.96. The Balaban J connectivity index is 1.55. The molecule has 3 aromatic rings. The second-order valence-electron chi connectivity index (χ2n) is 8.92. The van der Waals surface area contributed by atoms with Crippen molar-refractivity contribution in [3.8, 4) is 6.07 Å². The van der Waals surface area contributed by atoms with Crippen molar-refractivity contribution in [1.82, 2.24) is 10.2 Å². The maximum absolute atomic E-state index is 12.3. The summed E-state index contributed by atoms with van der Waals surface area (Å²) in [5, 5.41) is 32.6. The number of amides is 1. The summed E-state index contributed by atoms with van der Waals surface area (Å²) in [6, 6.07) is 21.9. The lowest BCUT2D eigenvalue weighted by molar-refractivity contribution is 0.0944. The Morgan fingerprint density at radius 1 is 1.08 bits per heavy atom. The molecular weight excluding hydrogens is 511 g/mol. The van der Waals surface area contributed by atoms with E-state index in [0.717, 1.165) is 16.8 Å². The molecule has 0 radical (unpaired) electrons. The van der Waals surface area contributed by atoms with Crippen LogP contribution >= 0.6 is 23.2 Å². The van der Waals surface area contributed by atoms with Gasteiger partial charge in [0.1, 0.15) is 0 Å². The van der Waals surface area contributed by atoms with Crippen LogP contribution in [0.3, 0.4) is 0 Å². The first-order valence-corrected chi connectivity index (χ1v) is 12.8. The van der Waals surface area contributed by atoms with Crippen LogP contribution in [0.4, 0.5) is 5.69 Å². The lowest BCUT2D eigenvalue weighted by atomic mass is 10.00. The normalized spacial score (nSPS) is 16.7. The summed E-state index contributed by atoms with van der Waals surface area (Å²) in [4.78, 5) is 16.7. The highest BCUT2D eigenvalue weighted by molar-refractivity contribution is 6.33. The van der Waals surface area contributed by atoms with E-state index in [1.165, 1.54) is 0 Å². The van der Waals surface area contributed by atoms with Crippen LogP contribution in [0.2, 0.25) is 10.0 Å². The molecule has 9 heteroatoms. The number of carbonyl (C=O) groups excluding carboxylic acids is 1. The number of piperazine rings is 1. The maximum atomic E-state index is 12.3. The Kier molecular flexibility index (Phi) is 9.04. The molecule has 3 N–H and O–H groups in total. The fraction of sp³-hybridized carbons (Fsp3) is 0.286. The van der Waals surface area contributed by atoms with Gasteiger partial charge >= 0.3 is 0 Å². The van der Waals surface area contributed by atoms with Gasteiger partial charge in [-0.1, -0.05) is 47.5 Å². The first-order chi connectivity index (χ1) is 17.9. The summed E-state index contributed by atoms with van der Waals surface area (Å²) >= 11 is 12.8. The minimum Gasteiger partial charge on any atom is -0.395 e. The highest BCUT2D eigenvalue weighted by atomic mass is 35.5. The zero-order chi connectivity index (χ0) is 26.4. The van der Waals surface area contributed by atoms with Gasteiger partial charge in [0.05, 0.1) is 41.1 Å². The molecule has 0 aromatic heterocycles. The molecule has 1 amide bonds. The van der Waals surface area contributed by atoms with Crippen molar-refractivity contribution in [2.45, 2.75) is 12.1 Å². The molecule has 0 saturated carbocycles. The third-order valence-corrected chi connectivity index (χ3v) is 7.05. The molecule has 4 rings (SSSR count). The van der Waals surface area contributed by atoms with Gasteiger partial charge < -0.3 is 20.4 Å². The standard InChI is InChI=1S/C28H28Cl2N4O3/c29-23-8-5-20(6-9-23)26-17-33(18-27(36)21-3-1-19(16-31)2-4-21)12-13-34(26)25-10-7-22(15-24(25)30)28(37)32-11-14-35/h1-10,15,26-27,35-36H,11-14,17-18H2,(H,32,37)/t26-,27+/m0/s1. The van der Waals surface area contributed by atoms with E-state index in [0.29, 0.717) is 47.4 Å². The van der Waals surface area contributed by atoms with Crippen molar-refractivity contribution < 1.29 is 15.0 Å². The topological polar surface area (TPSA) is 99.8 Å². The lowest BCUT2D eigenvalue weighted by Crippen LogP contribution is -2.49. The average molecular weight is 539 g/mol. The highest BCUT2D eigenvalue weighted by Crippen LogP contribution is 2.36. The van der Waals surface area contributed by atoms with Gasteiger partial charge in [-0.15, -0.1) is 0 Å². The quantitative estimate of drug-likeness (QED) is 0.397. The molecule has 0 unspecified atom stereocenters. The van der Waals surface area contributed by atoms with Gasteiger partial charge in [0.2, 0.25) is 0 Å². The number of β-amino-alcohol motifs (C(OH)–C–C–N with tert-alkyl or cyclic N) is 1. The Morgan fingerprint density at radius 3 is 2.46 bits per heavy atom. The third kappa shape index (κ3) is 6.61. The van der Waals surface area contributed by atoms with Crippen LogP contribution in [0.25, 0.3) is 0 Å². The summed E-state index contributed by atoms with van der Waals surface area (Å²) in [7, 11) is 0. The zero-order valence-corrected chi connectivity index (χ0v) is 21.7. The summed E-state index contributed by atoms with van der Waals surface area (Å²) in [5.41, 5.74) is 3.62. The van der Waals surface area contributed by atoms with E-state index in [-0.39, 0.29) is 25.1 Å². The van der Waals surface area contributed by atoms with Crippen molar-refractivity contribution in [2.75, 3.05) is 44.2 Å². The van der Waals surface area contributed by atoms with Gasteiger partial charge in [0.15, 0.2) is 0 Å². The van der Waals surface area contributed by atoms with Gasteiger partial charge in [0, 0.05) is 43.3 Å². The number of aliphatic hydroxyl groups is 2. The number of hydrogen-bond donors (Lipinski definition) is 3. The molecule has 7 nitrogen and oxygen atoms in total. The van der Waals surface area contributed by atoms with Crippen molar-refractivity contribution >= 4 is 34.8 Å². The van der Waals surface area contributed by atoms with Crippen LogP contribution in [0.15, 0.2) is 66.7 Å². The van der Waals surface area contributed by atoms with E-state index in [4.69, 9.17) is 33.6 Å². The van der Waals surface area contributed by atoms with Gasteiger partial charge in [0.25, 0.3) is 5.91 Å². The smallest absolute Gasteiger partial charge is 0.251 e. The number of hydrogen-bond acceptors (Lipinski definition) is 6. The van der Waals surface area contributed by atoms with Crippen molar-refractivity contribution in [2.24, 2.45) is 0 Å². The van der Waals surface area contributed by atoms with Crippen molar-refractivity contribution in [1.29, 1.82) is 5.26 Å². The third-order valence-electron chi connectivity index (χ3n) is 6.49. The van der Waals surface area contributed by atoms with E-state index in [1.54, 1.807) is 36.4 Å². The average Bonchev–Trinajstić information content (AvgIpc) is 2.92.